The third kappa shape index (κ3) is 6.71. The molecule has 0 heterocycles. The van der Waals surface area contributed by atoms with E-state index in [-0.39, 0.29) is 16.6 Å². The second-order valence-corrected chi connectivity index (χ2v) is 17.9. The van der Waals surface area contributed by atoms with Gasteiger partial charge in [-0.05, 0) is 72.2 Å². The molecule has 4 atom stereocenters. The Bertz CT molecular complexity index is 888. The van der Waals surface area contributed by atoms with Crippen molar-refractivity contribution in [3.8, 4) is 0 Å². The number of benzene rings is 2. The monoisotopic (exact) mass is 508 g/mol. The lowest BCUT2D eigenvalue weighted by Crippen LogP contribution is -2.68. The minimum absolute atomic E-state index is 0.0135. The van der Waals surface area contributed by atoms with Gasteiger partial charge in [0.25, 0.3) is 8.32 Å². The van der Waals surface area contributed by atoms with Crippen molar-refractivity contribution in [3.05, 3.63) is 60.7 Å². The van der Waals surface area contributed by atoms with Crippen LogP contribution < -0.4 is 10.4 Å². The molecular formula is C33H52O2Si. The molecule has 0 aromatic heterocycles. The fourth-order valence-corrected chi connectivity index (χ4v) is 11.4. The summed E-state index contributed by atoms with van der Waals surface area (Å²) >= 11 is 0. The first kappa shape index (κ1) is 29.1. The van der Waals surface area contributed by atoms with Crippen molar-refractivity contribution in [2.45, 2.75) is 117 Å². The van der Waals surface area contributed by atoms with E-state index in [1.54, 1.807) is 0 Å². The van der Waals surface area contributed by atoms with E-state index in [1.165, 1.54) is 29.6 Å². The standard InChI is InChI=1S/C33H52O2Si/c1-26(17-15-23-32(6,7)34)27(2)33(8)24-16-18-28(25-33)35-36(31(3,4)5,29-19-11-9-12-20-29)30-21-13-10-14-22-30/h9-14,19-22,26-28,34H,15-18,23-25H2,1-8H3/t26-,27+,28-,33-/m0/s1. The third-order valence-corrected chi connectivity index (χ3v) is 14.2. The Kier molecular flexibility index (Phi) is 9.34. The maximum atomic E-state index is 10.2. The highest BCUT2D eigenvalue weighted by Gasteiger charge is 2.52. The van der Waals surface area contributed by atoms with Crippen LogP contribution in [0.2, 0.25) is 5.04 Å². The molecule has 1 fully saturated rings. The fourth-order valence-electron chi connectivity index (χ4n) is 6.71. The highest BCUT2D eigenvalue weighted by molar-refractivity contribution is 6.99. The van der Waals surface area contributed by atoms with Crippen molar-refractivity contribution in [1.29, 1.82) is 0 Å². The van der Waals surface area contributed by atoms with Gasteiger partial charge in [0.1, 0.15) is 0 Å². The third-order valence-electron chi connectivity index (χ3n) is 9.13. The van der Waals surface area contributed by atoms with Gasteiger partial charge in [0.05, 0.1) is 5.60 Å². The largest absolute Gasteiger partial charge is 0.404 e. The van der Waals surface area contributed by atoms with Crippen molar-refractivity contribution in [2.75, 3.05) is 0 Å². The summed E-state index contributed by atoms with van der Waals surface area (Å²) in [4.78, 5) is 0. The number of aliphatic hydroxyl groups is 1. The van der Waals surface area contributed by atoms with E-state index < -0.39 is 13.9 Å². The minimum atomic E-state index is -2.53. The summed E-state index contributed by atoms with van der Waals surface area (Å²) in [5.74, 6) is 1.27. The van der Waals surface area contributed by atoms with Crippen LogP contribution in [-0.4, -0.2) is 25.1 Å². The van der Waals surface area contributed by atoms with Gasteiger partial charge in [-0.1, -0.05) is 121 Å². The first-order chi connectivity index (χ1) is 16.8. The zero-order valence-corrected chi connectivity index (χ0v) is 25.3. The summed E-state index contributed by atoms with van der Waals surface area (Å²) in [5.41, 5.74) is -0.283. The van der Waals surface area contributed by atoms with Gasteiger partial charge in [0.15, 0.2) is 0 Å². The SMILES string of the molecule is C[C@H]([C@@H](C)CCCC(C)(C)O)[C@@]1(C)CCC[C@H](O[Si](c2ccccc2)(c2ccccc2)C(C)(C)C)C1. The molecule has 1 aliphatic carbocycles. The summed E-state index contributed by atoms with van der Waals surface area (Å²) in [6.07, 6.45) is 8.23. The van der Waals surface area contributed by atoms with Crippen LogP contribution in [0.15, 0.2) is 60.7 Å². The Morgan fingerprint density at radius 1 is 0.944 bits per heavy atom. The predicted molar refractivity (Wildman–Crippen MR) is 158 cm³/mol. The fraction of sp³-hybridized carbons (Fsp3) is 0.636. The minimum Gasteiger partial charge on any atom is -0.404 e. The highest BCUT2D eigenvalue weighted by atomic mass is 28.4. The molecule has 2 aromatic rings. The molecule has 200 valence electrons. The van der Waals surface area contributed by atoms with E-state index in [9.17, 15) is 5.11 Å². The van der Waals surface area contributed by atoms with Crippen LogP contribution in [0.1, 0.15) is 100 Å². The molecule has 2 aromatic carbocycles. The van der Waals surface area contributed by atoms with Crippen molar-refractivity contribution in [1.82, 2.24) is 0 Å². The smallest absolute Gasteiger partial charge is 0.261 e. The maximum Gasteiger partial charge on any atom is 0.261 e. The molecule has 0 aliphatic heterocycles. The Hall–Kier alpha value is -1.42. The molecule has 1 N–H and O–H groups in total. The van der Waals surface area contributed by atoms with Crippen LogP contribution in [0.25, 0.3) is 0 Å². The average Bonchev–Trinajstić information content (AvgIpc) is 2.81. The normalized spacial score (nSPS) is 23.3. The zero-order chi connectivity index (χ0) is 26.6. The van der Waals surface area contributed by atoms with E-state index in [2.05, 4.69) is 102 Å². The van der Waals surface area contributed by atoms with Crippen LogP contribution in [0.3, 0.4) is 0 Å². The van der Waals surface area contributed by atoms with Gasteiger partial charge in [0, 0.05) is 6.10 Å². The van der Waals surface area contributed by atoms with Crippen LogP contribution in [0.5, 0.6) is 0 Å². The molecular weight excluding hydrogens is 456 g/mol. The molecule has 3 rings (SSSR count). The van der Waals surface area contributed by atoms with Crippen molar-refractivity contribution < 1.29 is 9.53 Å². The molecule has 2 nitrogen and oxygen atoms in total. The maximum absolute atomic E-state index is 10.2. The average molecular weight is 509 g/mol. The highest BCUT2D eigenvalue weighted by Crippen LogP contribution is 2.48. The van der Waals surface area contributed by atoms with E-state index in [4.69, 9.17) is 4.43 Å². The van der Waals surface area contributed by atoms with Gasteiger partial charge in [-0.15, -0.1) is 0 Å². The summed E-state index contributed by atoms with van der Waals surface area (Å²) in [7, 11) is -2.53. The molecule has 0 radical (unpaired) electrons. The van der Waals surface area contributed by atoms with Gasteiger partial charge >= 0.3 is 0 Å². The molecule has 0 saturated heterocycles. The lowest BCUT2D eigenvalue weighted by atomic mass is 9.63. The zero-order valence-electron chi connectivity index (χ0n) is 24.3. The van der Waals surface area contributed by atoms with Gasteiger partial charge in [-0.2, -0.15) is 0 Å². The quantitative estimate of drug-likeness (QED) is 0.333. The molecule has 0 amide bonds. The molecule has 0 unspecified atom stereocenters. The molecule has 0 spiro atoms. The van der Waals surface area contributed by atoms with Crippen molar-refractivity contribution >= 4 is 18.7 Å². The second-order valence-electron chi connectivity index (χ2n) is 13.6. The molecule has 0 bridgehead atoms. The van der Waals surface area contributed by atoms with E-state index in [1.807, 2.05) is 13.8 Å². The lowest BCUT2D eigenvalue weighted by molar-refractivity contribution is 0.0123. The van der Waals surface area contributed by atoms with Crippen LogP contribution in [0.4, 0.5) is 0 Å². The van der Waals surface area contributed by atoms with Gasteiger partial charge < -0.3 is 9.53 Å². The van der Waals surface area contributed by atoms with E-state index in [0.29, 0.717) is 11.8 Å². The second kappa shape index (κ2) is 11.5. The Morgan fingerprint density at radius 3 is 1.94 bits per heavy atom. The van der Waals surface area contributed by atoms with Gasteiger partial charge in [-0.25, -0.2) is 0 Å². The summed E-state index contributed by atoms with van der Waals surface area (Å²) in [5, 5.41) is 12.9. The van der Waals surface area contributed by atoms with Crippen LogP contribution >= 0.6 is 0 Å². The van der Waals surface area contributed by atoms with Crippen molar-refractivity contribution in [2.24, 2.45) is 17.3 Å². The summed E-state index contributed by atoms with van der Waals surface area (Å²) in [6, 6.07) is 22.2. The first-order valence-electron chi connectivity index (χ1n) is 14.3. The number of hydrogen-bond donors (Lipinski definition) is 1. The van der Waals surface area contributed by atoms with E-state index >= 15 is 0 Å². The first-order valence-corrected chi connectivity index (χ1v) is 16.2. The Labute approximate surface area is 223 Å². The Balaban J connectivity index is 1.88. The van der Waals surface area contributed by atoms with Crippen LogP contribution in [0, 0.1) is 17.3 Å². The predicted octanol–water partition coefficient (Wildman–Crippen LogP) is 7.73. The van der Waals surface area contributed by atoms with E-state index in [0.717, 1.165) is 25.7 Å². The molecule has 1 saturated carbocycles. The summed E-state index contributed by atoms with van der Waals surface area (Å²) in [6.45, 7) is 18.4. The van der Waals surface area contributed by atoms with Gasteiger partial charge in [-0.3, -0.25) is 0 Å². The molecule has 36 heavy (non-hydrogen) atoms. The number of hydrogen-bond acceptors (Lipinski definition) is 2. The van der Waals surface area contributed by atoms with Crippen LogP contribution in [-0.2, 0) is 4.43 Å². The Morgan fingerprint density at radius 2 is 1.47 bits per heavy atom. The van der Waals surface area contributed by atoms with Gasteiger partial charge in [0.2, 0.25) is 0 Å². The lowest BCUT2D eigenvalue weighted by Gasteiger charge is -2.50. The topological polar surface area (TPSA) is 29.5 Å². The number of rotatable bonds is 10. The molecule has 1 aliphatic rings. The summed E-state index contributed by atoms with van der Waals surface area (Å²) < 4.78 is 7.57. The van der Waals surface area contributed by atoms with Crippen molar-refractivity contribution in [3.63, 3.8) is 0 Å². The molecule has 3 heteroatoms.